The molecule has 248 valence electrons. The second-order valence-electron chi connectivity index (χ2n) is 10.3. The second kappa shape index (κ2) is 12.4. The molecule has 0 unspecified atom stereocenters. The summed E-state index contributed by atoms with van der Waals surface area (Å²) in [5, 5.41) is 11.0. The first-order valence-electron chi connectivity index (χ1n) is 13.6. The zero-order chi connectivity index (χ0) is 34.3. The number of halogens is 3. The number of benzene rings is 2. The third-order valence-electron chi connectivity index (χ3n) is 7.27. The number of nitrogens with zero attached hydrogens (tertiary/aromatic N) is 5. The topological polar surface area (TPSA) is 186 Å². The summed E-state index contributed by atoms with van der Waals surface area (Å²) in [6.07, 6.45) is -4.01. The number of alkyl halides is 3. The van der Waals surface area contributed by atoms with E-state index in [2.05, 4.69) is 14.7 Å². The van der Waals surface area contributed by atoms with Crippen molar-refractivity contribution >= 4 is 37.5 Å². The van der Waals surface area contributed by atoms with Gasteiger partial charge in [0.1, 0.15) is 10.7 Å². The van der Waals surface area contributed by atoms with Gasteiger partial charge in [0, 0.05) is 38.0 Å². The van der Waals surface area contributed by atoms with Gasteiger partial charge in [0.15, 0.2) is 15.6 Å². The molecule has 47 heavy (non-hydrogen) atoms. The maximum atomic E-state index is 14.2. The van der Waals surface area contributed by atoms with Crippen molar-refractivity contribution in [2.75, 3.05) is 44.4 Å². The van der Waals surface area contributed by atoms with Gasteiger partial charge in [-0.1, -0.05) is 24.3 Å². The van der Waals surface area contributed by atoms with Crippen molar-refractivity contribution in [1.29, 1.82) is 0 Å². The third-order valence-corrected chi connectivity index (χ3v) is 9.83. The SMILES string of the molecule is CNS(=O)(=O)c1ccc(-c2c(-c3ccc(S(C)(=O)=O)cc3)nc(C(F)(F)F)nc2N2CCN(C(=O)c3ccc([N+](=O)[O-])o3)CC2)cc1. The fourth-order valence-corrected chi connectivity index (χ4v) is 6.24. The van der Waals surface area contributed by atoms with Crippen molar-refractivity contribution in [1.82, 2.24) is 19.6 Å². The number of sulfonamides is 1. The van der Waals surface area contributed by atoms with Crippen LogP contribution in [0.25, 0.3) is 22.4 Å². The fraction of sp³-hybridized carbons (Fsp3) is 0.250. The molecule has 1 amide bonds. The van der Waals surface area contributed by atoms with E-state index in [0.717, 1.165) is 18.4 Å². The highest BCUT2D eigenvalue weighted by Gasteiger charge is 2.38. The van der Waals surface area contributed by atoms with E-state index in [-0.39, 0.29) is 69.9 Å². The molecular weight excluding hydrogens is 669 g/mol. The zero-order valence-corrected chi connectivity index (χ0v) is 26.2. The zero-order valence-electron chi connectivity index (χ0n) is 24.6. The van der Waals surface area contributed by atoms with Crippen molar-refractivity contribution in [3.05, 3.63) is 82.4 Å². The molecule has 1 aliphatic heterocycles. The van der Waals surface area contributed by atoms with Crippen molar-refractivity contribution in [2.45, 2.75) is 16.0 Å². The molecule has 14 nitrogen and oxygen atoms in total. The van der Waals surface area contributed by atoms with Crippen molar-refractivity contribution in [3.63, 3.8) is 0 Å². The number of hydrogen-bond donors (Lipinski definition) is 1. The van der Waals surface area contributed by atoms with Gasteiger partial charge in [-0.15, -0.1) is 0 Å². The molecule has 1 fully saturated rings. The van der Waals surface area contributed by atoms with Crippen LogP contribution in [0.2, 0.25) is 0 Å². The number of furan rings is 1. The first-order valence-corrected chi connectivity index (χ1v) is 17.0. The van der Waals surface area contributed by atoms with Crippen LogP contribution in [0, 0.1) is 10.1 Å². The Morgan fingerprint density at radius 3 is 1.98 bits per heavy atom. The third kappa shape index (κ3) is 6.96. The summed E-state index contributed by atoms with van der Waals surface area (Å²) >= 11 is 0. The van der Waals surface area contributed by atoms with Crippen molar-refractivity contribution in [3.8, 4) is 22.4 Å². The van der Waals surface area contributed by atoms with Gasteiger partial charge in [0.25, 0.3) is 5.91 Å². The van der Waals surface area contributed by atoms with Crippen LogP contribution in [-0.2, 0) is 26.0 Å². The average molecular weight is 695 g/mol. The van der Waals surface area contributed by atoms with Crippen molar-refractivity contribution < 1.29 is 44.1 Å². The van der Waals surface area contributed by atoms with Gasteiger partial charge in [0.2, 0.25) is 15.8 Å². The molecule has 1 saturated heterocycles. The van der Waals surface area contributed by atoms with Gasteiger partial charge in [0.05, 0.1) is 27.1 Å². The summed E-state index contributed by atoms with van der Waals surface area (Å²) in [6, 6.07) is 12.6. The quantitative estimate of drug-likeness (QED) is 0.210. The van der Waals surface area contributed by atoms with Crippen LogP contribution in [0.1, 0.15) is 16.4 Å². The molecule has 3 heterocycles. The summed E-state index contributed by atoms with van der Waals surface area (Å²) in [7, 11) is -6.27. The van der Waals surface area contributed by atoms with E-state index in [0.29, 0.717) is 0 Å². The van der Waals surface area contributed by atoms with Crippen LogP contribution in [0.4, 0.5) is 24.9 Å². The Hall–Kier alpha value is -4.88. The fourth-order valence-electron chi connectivity index (χ4n) is 4.88. The standard InChI is InChI=1S/C28H25F3N6O8S2/c1-32-47(43,44)20-9-3-17(4-10-20)23-24(18-5-7-19(8-6-18)46(2,41)42)33-27(28(29,30)31)34-25(23)35-13-15-36(16-14-35)26(38)21-11-12-22(45-21)37(39)40/h3-12,32H,13-16H2,1-2H3. The Balaban J connectivity index is 1.62. The number of nitrogens with one attached hydrogen (secondary N) is 1. The minimum atomic E-state index is -4.99. The summed E-state index contributed by atoms with van der Waals surface area (Å²) in [5.74, 6) is -3.19. The number of piperazine rings is 1. The molecule has 0 saturated carbocycles. The molecule has 0 bridgehead atoms. The van der Waals surface area contributed by atoms with E-state index >= 15 is 0 Å². The number of amides is 1. The number of carbonyl (C=O) groups excluding carboxylic acids is 1. The molecule has 0 radical (unpaired) electrons. The Bertz CT molecular complexity index is 2060. The first kappa shape index (κ1) is 33.5. The Morgan fingerprint density at radius 2 is 1.47 bits per heavy atom. The molecule has 0 atom stereocenters. The van der Waals surface area contributed by atoms with Gasteiger partial charge in [-0.25, -0.2) is 31.5 Å². The number of rotatable bonds is 8. The predicted octanol–water partition coefficient (Wildman–Crippen LogP) is 3.60. The summed E-state index contributed by atoms with van der Waals surface area (Å²) in [5.41, 5.74) is 0.280. The van der Waals surface area contributed by atoms with Gasteiger partial charge in [-0.2, -0.15) is 13.2 Å². The number of sulfone groups is 1. The maximum Gasteiger partial charge on any atom is 0.451 e. The van der Waals surface area contributed by atoms with Crippen LogP contribution in [-0.4, -0.2) is 82.0 Å². The van der Waals surface area contributed by atoms with E-state index < -0.39 is 48.6 Å². The predicted molar refractivity (Wildman–Crippen MR) is 161 cm³/mol. The van der Waals surface area contributed by atoms with Gasteiger partial charge < -0.3 is 14.2 Å². The lowest BCUT2D eigenvalue weighted by Crippen LogP contribution is -2.49. The van der Waals surface area contributed by atoms with Crippen LogP contribution in [0.15, 0.2) is 74.9 Å². The monoisotopic (exact) mass is 694 g/mol. The molecule has 0 spiro atoms. The molecule has 2 aromatic carbocycles. The van der Waals surface area contributed by atoms with Crippen LogP contribution in [0.5, 0.6) is 0 Å². The normalized spacial score (nSPS) is 14.3. The average Bonchev–Trinajstić information content (AvgIpc) is 3.54. The highest BCUT2D eigenvalue weighted by atomic mass is 32.2. The van der Waals surface area contributed by atoms with E-state index in [4.69, 9.17) is 4.42 Å². The molecule has 5 rings (SSSR count). The molecule has 1 aliphatic rings. The molecule has 1 N–H and O–H groups in total. The minimum absolute atomic E-state index is 0.0180. The smallest absolute Gasteiger partial charge is 0.395 e. The highest BCUT2D eigenvalue weighted by molar-refractivity contribution is 7.90. The van der Waals surface area contributed by atoms with E-state index in [9.17, 15) is 44.9 Å². The number of hydrogen-bond acceptors (Lipinski definition) is 11. The van der Waals surface area contributed by atoms with Crippen molar-refractivity contribution in [2.24, 2.45) is 0 Å². The summed E-state index contributed by atoms with van der Waals surface area (Å²) < 4.78 is 98.6. The van der Waals surface area contributed by atoms with Gasteiger partial charge in [-0.3, -0.25) is 14.9 Å². The van der Waals surface area contributed by atoms with E-state index in [1.807, 2.05) is 0 Å². The Kier molecular flexibility index (Phi) is 8.82. The lowest BCUT2D eigenvalue weighted by atomic mass is 9.98. The maximum absolute atomic E-state index is 14.2. The molecule has 2 aromatic heterocycles. The molecule has 19 heteroatoms. The number of anilines is 1. The number of aromatic nitrogens is 2. The lowest BCUT2D eigenvalue weighted by Gasteiger charge is -2.36. The second-order valence-corrected chi connectivity index (χ2v) is 14.2. The van der Waals surface area contributed by atoms with Crippen LogP contribution >= 0.6 is 0 Å². The number of nitro groups is 1. The summed E-state index contributed by atoms with van der Waals surface area (Å²) in [6.45, 7) is -0.0746. The lowest BCUT2D eigenvalue weighted by molar-refractivity contribution is -0.402. The number of carbonyl (C=O) groups is 1. The Morgan fingerprint density at radius 1 is 0.894 bits per heavy atom. The Labute approximate surface area is 266 Å². The van der Waals surface area contributed by atoms with Crippen LogP contribution in [0.3, 0.4) is 0 Å². The van der Waals surface area contributed by atoms with E-state index in [1.165, 1.54) is 65.4 Å². The molecule has 0 aliphatic carbocycles. The first-order chi connectivity index (χ1) is 22.0. The minimum Gasteiger partial charge on any atom is -0.395 e. The summed E-state index contributed by atoms with van der Waals surface area (Å²) in [4.78, 5) is 33.5. The largest absolute Gasteiger partial charge is 0.451 e. The molecule has 4 aromatic rings. The van der Waals surface area contributed by atoms with Gasteiger partial charge >= 0.3 is 12.1 Å². The highest BCUT2D eigenvalue weighted by Crippen LogP contribution is 2.41. The van der Waals surface area contributed by atoms with E-state index in [1.54, 1.807) is 0 Å². The van der Waals surface area contributed by atoms with Crippen LogP contribution < -0.4 is 9.62 Å². The van der Waals surface area contributed by atoms with Gasteiger partial charge in [-0.05, 0) is 42.9 Å². The molecular formula is C28H25F3N6O8S2.